The summed E-state index contributed by atoms with van der Waals surface area (Å²) in [4.78, 5) is 2.28. The first-order valence-corrected chi connectivity index (χ1v) is 5.47. The van der Waals surface area contributed by atoms with Gasteiger partial charge in [-0.25, -0.2) is 4.39 Å². The monoisotopic (exact) mass is 224 g/mol. The predicted molar refractivity (Wildman–Crippen MR) is 62.5 cm³/mol. The summed E-state index contributed by atoms with van der Waals surface area (Å²) in [5.41, 5.74) is 0.915. The number of rotatable bonds is 3. The lowest BCUT2D eigenvalue weighted by Crippen LogP contribution is -2.23. The molecule has 0 bridgehead atoms. The van der Waals surface area contributed by atoms with Gasteiger partial charge in [-0.15, -0.1) is 0 Å². The van der Waals surface area contributed by atoms with E-state index >= 15 is 0 Å². The number of methoxy groups -OCH3 is 1. The highest BCUT2D eigenvalue weighted by Crippen LogP contribution is 2.23. The summed E-state index contributed by atoms with van der Waals surface area (Å²) in [5, 5.41) is 3.38. The molecule has 0 spiro atoms. The van der Waals surface area contributed by atoms with Crippen LogP contribution in [0.4, 0.5) is 10.1 Å². The number of ether oxygens (including phenoxy) is 1. The average Bonchev–Trinajstić information content (AvgIpc) is 2.67. The van der Waals surface area contributed by atoms with Gasteiger partial charge in [-0.1, -0.05) is 0 Å². The van der Waals surface area contributed by atoms with Gasteiger partial charge in [0.25, 0.3) is 0 Å². The molecule has 3 nitrogen and oxygen atoms in total. The minimum atomic E-state index is -0.323. The Labute approximate surface area is 95.2 Å². The van der Waals surface area contributed by atoms with Gasteiger partial charge in [-0.05, 0) is 32.1 Å². The maximum Gasteiger partial charge on any atom is 0.165 e. The third-order valence-corrected chi connectivity index (χ3v) is 2.91. The number of benzene rings is 1. The van der Waals surface area contributed by atoms with Crippen molar-refractivity contribution in [2.45, 2.75) is 12.5 Å². The molecule has 1 heterocycles. The molecule has 1 unspecified atom stereocenters. The Bertz CT molecular complexity index is 370. The van der Waals surface area contributed by atoms with Gasteiger partial charge in [-0.3, -0.25) is 0 Å². The molecular formula is C12H17FN2O. The molecule has 1 aromatic carbocycles. The molecule has 1 aliphatic rings. The lowest BCUT2D eigenvalue weighted by molar-refractivity contribution is 0.386. The standard InChI is InChI=1S/C12H17FN2O/c1-15-6-5-10(8-15)14-9-3-4-11(13)12(7-9)16-2/h3-4,7,10,14H,5-6,8H2,1-2H3. The molecule has 2 rings (SSSR count). The molecule has 88 valence electrons. The largest absolute Gasteiger partial charge is 0.494 e. The second-order valence-corrected chi connectivity index (χ2v) is 4.24. The fourth-order valence-corrected chi connectivity index (χ4v) is 2.04. The van der Waals surface area contributed by atoms with E-state index in [1.54, 1.807) is 12.1 Å². The number of likely N-dealkylation sites (tertiary alicyclic amines) is 1. The minimum absolute atomic E-state index is 0.288. The van der Waals surface area contributed by atoms with Gasteiger partial charge in [0.1, 0.15) is 0 Å². The number of anilines is 1. The molecule has 1 aliphatic heterocycles. The Kier molecular flexibility index (Phi) is 3.29. The normalized spacial score (nSPS) is 21.1. The van der Waals surface area contributed by atoms with E-state index in [1.807, 2.05) is 0 Å². The van der Waals surface area contributed by atoms with Gasteiger partial charge in [0, 0.05) is 24.3 Å². The second-order valence-electron chi connectivity index (χ2n) is 4.24. The summed E-state index contributed by atoms with van der Waals surface area (Å²) in [5.74, 6) is -0.0343. The van der Waals surface area contributed by atoms with Crippen LogP contribution in [0.5, 0.6) is 5.75 Å². The predicted octanol–water partition coefficient (Wildman–Crippen LogP) is 1.95. The van der Waals surface area contributed by atoms with E-state index in [4.69, 9.17) is 4.74 Å². The van der Waals surface area contributed by atoms with Gasteiger partial charge in [0.2, 0.25) is 0 Å². The van der Waals surface area contributed by atoms with E-state index in [-0.39, 0.29) is 11.6 Å². The fourth-order valence-electron chi connectivity index (χ4n) is 2.04. The molecule has 1 aromatic rings. The third kappa shape index (κ3) is 2.44. The van der Waals surface area contributed by atoms with Crippen molar-refractivity contribution in [3.05, 3.63) is 24.0 Å². The zero-order chi connectivity index (χ0) is 11.5. The quantitative estimate of drug-likeness (QED) is 0.849. The molecule has 0 amide bonds. The summed E-state index contributed by atoms with van der Waals surface area (Å²) in [7, 11) is 3.58. The van der Waals surface area contributed by atoms with E-state index in [0.29, 0.717) is 6.04 Å². The molecule has 0 aromatic heterocycles. The number of nitrogens with one attached hydrogen (secondary N) is 1. The van der Waals surface area contributed by atoms with Gasteiger partial charge in [0.15, 0.2) is 11.6 Å². The van der Waals surface area contributed by atoms with Crippen molar-refractivity contribution >= 4 is 5.69 Å². The van der Waals surface area contributed by atoms with Gasteiger partial charge in [0.05, 0.1) is 7.11 Å². The van der Waals surface area contributed by atoms with Crippen LogP contribution in [0.15, 0.2) is 18.2 Å². The van der Waals surface area contributed by atoms with Crippen molar-refractivity contribution in [2.75, 3.05) is 32.6 Å². The van der Waals surface area contributed by atoms with Crippen LogP contribution in [0.3, 0.4) is 0 Å². The first-order chi connectivity index (χ1) is 7.69. The first kappa shape index (κ1) is 11.2. The first-order valence-electron chi connectivity index (χ1n) is 5.47. The Morgan fingerprint density at radius 2 is 2.31 bits per heavy atom. The molecule has 0 radical (unpaired) electrons. The van der Waals surface area contributed by atoms with Crippen molar-refractivity contribution in [1.82, 2.24) is 4.90 Å². The number of nitrogens with zero attached hydrogens (tertiary/aromatic N) is 1. The Balaban J connectivity index is 2.04. The third-order valence-electron chi connectivity index (χ3n) is 2.91. The van der Waals surface area contributed by atoms with Crippen molar-refractivity contribution in [1.29, 1.82) is 0 Å². The van der Waals surface area contributed by atoms with Crippen LogP contribution in [-0.4, -0.2) is 38.2 Å². The van der Waals surface area contributed by atoms with Gasteiger partial charge >= 0.3 is 0 Å². The number of hydrogen-bond acceptors (Lipinski definition) is 3. The smallest absolute Gasteiger partial charge is 0.165 e. The zero-order valence-corrected chi connectivity index (χ0v) is 9.66. The fraction of sp³-hybridized carbons (Fsp3) is 0.500. The van der Waals surface area contributed by atoms with E-state index in [0.717, 1.165) is 25.2 Å². The van der Waals surface area contributed by atoms with E-state index in [9.17, 15) is 4.39 Å². The molecule has 0 saturated carbocycles. The van der Waals surface area contributed by atoms with Crippen LogP contribution in [0.25, 0.3) is 0 Å². The summed E-state index contributed by atoms with van der Waals surface area (Å²) in [6.07, 6.45) is 1.12. The van der Waals surface area contributed by atoms with Crippen LogP contribution >= 0.6 is 0 Å². The molecule has 0 aliphatic carbocycles. The number of hydrogen-bond donors (Lipinski definition) is 1. The molecule has 1 atom stereocenters. The van der Waals surface area contributed by atoms with Crippen LogP contribution in [-0.2, 0) is 0 Å². The SMILES string of the molecule is COc1cc(NC2CCN(C)C2)ccc1F. The molecule has 16 heavy (non-hydrogen) atoms. The Hall–Kier alpha value is -1.29. The van der Waals surface area contributed by atoms with Crippen molar-refractivity contribution < 1.29 is 9.13 Å². The van der Waals surface area contributed by atoms with Gasteiger partial charge in [-0.2, -0.15) is 0 Å². The lowest BCUT2D eigenvalue weighted by atomic mass is 10.2. The van der Waals surface area contributed by atoms with Crippen LogP contribution in [0.1, 0.15) is 6.42 Å². The number of halogens is 1. The van der Waals surface area contributed by atoms with Crippen molar-refractivity contribution in [3.63, 3.8) is 0 Å². The minimum Gasteiger partial charge on any atom is -0.494 e. The Morgan fingerprint density at radius 1 is 1.50 bits per heavy atom. The highest BCUT2D eigenvalue weighted by Gasteiger charge is 2.19. The molecular weight excluding hydrogens is 207 g/mol. The van der Waals surface area contributed by atoms with Gasteiger partial charge < -0.3 is 15.0 Å². The second kappa shape index (κ2) is 4.70. The lowest BCUT2D eigenvalue weighted by Gasteiger charge is -2.15. The zero-order valence-electron chi connectivity index (χ0n) is 9.66. The van der Waals surface area contributed by atoms with Crippen LogP contribution in [0.2, 0.25) is 0 Å². The van der Waals surface area contributed by atoms with E-state index in [1.165, 1.54) is 13.2 Å². The summed E-state index contributed by atoms with van der Waals surface area (Å²) in [6.45, 7) is 2.13. The maximum atomic E-state index is 13.2. The van der Waals surface area contributed by atoms with Crippen LogP contribution < -0.4 is 10.1 Å². The topological polar surface area (TPSA) is 24.5 Å². The highest BCUT2D eigenvalue weighted by molar-refractivity contribution is 5.49. The van der Waals surface area contributed by atoms with Crippen molar-refractivity contribution in [3.8, 4) is 5.75 Å². The molecule has 1 fully saturated rings. The van der Waals surface area contributed by atoms with Crippen molar-refractivity contribution in [2.24, 2.45) is 0 Å². The molecule has 1 N–H and O–H groups in total. The number of likely N-dealkylation sites (N-methyl/N-ethyl adjacent to an activating group) is 1. The van der Waals surface area contributed by atoms with Crippen LogP contribution in [0, 0.1) is 5.82 Å². The summed E-state index contributed by atoms with van der Waals surface area (Å²) < 4.78 is 18.1. The summed E-state index contributed by atoms with van der Waals surface area (Å²) in [6, 6.07) is 5.32. The van der Waals surface area contributed by atoms with E-state index < -0.39 is 0 Å². The van der Waals surface area contributed by atoms with E-state index in [2.05, 4.69) is 17.3 Å². The summed E-state index contributed by atoms with van der Waals surface area (Å²) >= 11 is 0. The maximum absolute atomic E-state index is 13.2. The highest BCUT2D eigenvalue weighted by atomic mass is 19.1. The molecule has 1 saturated heterocycles. The Morgan fingerprint density at radius 3 is 2.94 bits per heavy atom. The molecule has 4 heteroatoms. The average molecular weight is 224 g/mol.